The molecular weight excluding hydrogens is 521 g/mol. The number of carbonyl (C=O) groups is 1. The molecule has 1 aromatic carbocycles. The summed E-state index contributed by atoms with van der Waals surface area (Å²) in [6.45, 7) is 8.77. The van der Waals surface area contributed by atoms with Gasteiger partial charge in [0.1, 0.15) is 17.7 Å². The number of pyridine rings is 2. The largest absolute Gasteiger partial charge is 0.512 e. The summed E-state index contributed by atoms with van der Waals surface area (Å²) in [5.41, 5.74) is 10.2. The average Bonchev–Trinajstić information content (AvgIpc) is 3.37. The summed E-state index contributed by atoms with van der Waals surface area (Å²) in [6.07, 6.45) is 10.1. The number of nitrogens with zero attached hydrogens (tertiary/aromatic N) is 4. The Morgan fingerprint density at radius 2 is 1.90 bits per heavy atom. The van der Waals surface area contributed by atoms with Gasteiger partial charge in [0.15, 0.2) is 0 Å². The third-order valence-electron chi connectivity index (χ3n) is 6.38. The molecule has 0 saturated heterocycles. The topological polar surface area (TPSA) is 127 Å². The molecule has 0 spiro atoms. The maximum Gasteiger partial charge on any atom is 0.272 e. The highest BCUT2D eigenvalue weighted by molar-refractivity contribution is 6.04. The number of halogens is 1. The summed E-state index contributed by atoms with van der Waals surface area (Å²) in [7, 11) is 1.00. The van der Waals surface area contributed by atoms with Crippen molar-refractivity contribution in [3.8, 4) is 11.1 Å². The van der Waals surface area contributed by atoms with Crippen LogP contribution in [-0.2, 0) is 5.79 Å². The monoisotopic (exact) mass is 555 g/mol. The molecule has 3 heterocycles. The van der Waals surface area contributed by atoms with Crippen LogP contribution >= 0.6 is 0 Å². The molecule has 9 heteroatoms. The van der Waals surface area contributed by atoms with Gasteiger partial charge in [-0.05, 0) is 50.6 Å². The van der Waals surface area contributed by atoms with Crippen LogP contribution in [0, 0.1) is 0 Å². The lowest BCUT2D eigenvalue weighted by atomic mass is 9.99. The zero-order valence-electron chi connectivity index (χ0n) is 23.5. The first-order valence-electron chi connectivity index (χ1n) is 12.9. The van der Waals surface area contributed by atoms with Crippen molar-refractivity contribution >= 4 is 28.6 Å². The van der Waals surface area contributed by atoms with Crippen molar-refractivity contribution in [1.29, 1.82) is 0 Å². The number of hydrogen-bond donors (Lipinski definition) is 3. The normalized spacial score (nSPS) is 14.6. The van der Waals surface area contributed by atoms with E-state index >= 15 is 4.39 Å². The Bertz CT molecular complexity index is 1600. The van der Waals surface area contributed by atoms with Crippen LogP contribution in [0.5, 0.6) is 0 Å². The summed E-state index contributed by atoms with van der Waals surface area (Å²) in [5.74, 6) is -2.32. The van der Waals surface area contributed by atoms with Crippen LogP contribution in [0.15, 0.2) is 103 Å². The van der Waals surface area contributed by atoms with E-state index in [1.165, 1.54) is 17.0 Å². The lowest BCUT2D eigenvalue weighted by Gasteiger charge is -2.28. The highest BCUT2D eigenvalue weighted by atomic mass is 19.1. The standard InChI is InChI=1S/C31H30FN5O2.CH4O/c1-5-9-27(34-6-2)31(32,28-10-7-8-15-35-28)37-18-25(23-13-11-22(19-38)12-14-23)30-26(37)16-24(17-36-30)29(20(3)33)21(4)39;1-2/h5-20,39H,2,33H2,1,3-4H3;2H,1H3/b9-5-,29-21+,34-27?;. The molecule has 4 aromatic rings. The van der Waals surface area contributed by atoms with Gasteiger partial charge in [-0.1, -0.05) is 43.0 Å². The van der Waals surface area contributed by atoms with E-state index in [1.807, 2.05) is 0 Å². The number of rotatable bonds is 9. The zero-order chi connectivity index (χ0) is 30.2. The number of alkyl halides is 1. The average molecular weight is 556 g/mol. The Kier molecular flexibility index (Phi) is 10.2. The van der Waals surface area contributed by atoms with E-state index in [0.29, 0.717) is 33.3 Å². The van der Waals surface area contributed by atoms with Crippen LogP contribution in [0.1, 0.15) is 42.4 Å². The van der Waals surface area contributed by atoms with E-state index in [1.54, 1.807) is 93.8 Å². The number of allylic oxidation sites excluding steroid dienone is 3. The first-order chi connectivity index (χ1) is 19.8. The Morgan fingerprint density at radius 3 is 2.44 bits per heavy atom. The summed E-state index contributed by atoms with van der Waals surface area (Å²) in [5, 5.41) is 17.4. The Balaban J connectivity index is 0.00000226. The van der Waals surface area contributed by atoms with Crippen LogP contribution in [-0.4, -0.2) is 49.9 Å². The summed E-state index contributed by atoms with van der Waals surface area (Å²) in [6, 6.07) is 13.2. The van der Waals surface area contributed by atoms with Gasteiger partial charge in [-0.25, -0.2) is 4.39 Å². The molecule has 2 atom stereocenters. The van der Waals surface area contributed by atoms with Crippen LogP contribution in [0.4, 0.5) is 4.39 Å². The van der Waals surface area contributed by atoms with Gasteiger partial charge in [0.2, 0.25) is 0 Å². The van der Waals surface area contributed by atoms with Gasteiger partial charge in [0, 0.05) is 60.2 Å². The third kappa shape index (κ3) is 6.06. The predicted molar refractivity (Wildman–Crippen MR) is 162 cm³/mol. The molecule has 8 nitrogen and oxygen atoms in total. The van der Waals surface area contributed by atoms with E-state index < -0.39 is 11.8 Å². The lowest BCUT2D eigenvalue weighted by Crippen LogP contribution is -2.38. The highest BCUT2D eigenvalue weighted by Crippen LogP contribution is 2.39. The van der Waals surface area contributed by atoms with Crippen molar-refractivity contribution in [3.63, 3.8) is 0 Å². The number of carbonyl (C=O) groups excluding carboxylic acids is 1. The second-order valence-electron chi connectivity index (χ2n) is 9.07. The van der Waals surface area contributed by atoms with Crippen LogP contribution in [0.25, 0.3) is 27.7 Å². The maximum absolute atomic E-state index is 17.8. The molecule has 4 rings (SSSR count). The van der Waals surface area contributed by atoms with E-state index in [9.17, 15) is 9.90 Å². The molecule has 0 aliphatic carbocycles. The second-order valence-corrected chi connectivity index (χ2v) is 9.07. The van der Waals surface area contributed by atoms with Gasteiger partial charge in [-0.15, -0.1) is 0 Å². The number of aliphatic imine (C=N–C) groups is 1. The number of aliphatic hydroxyl groups is 2. The number of aliphatic hydroxyl groups excluding tert-OH is 2. The molecule has 0 amide bonds. The molecule has 0 radical (unpaired) electrons. The van der Waals surface area contributed by atoms with Gasteiger partial charge in [0.25, 0.3) is 5.79 Å². The van der Waals surface area contributed by atoms with Crippen molar-refractivity contribution in [1.82, 2.24) is 14.5 Å². The molecule has 2 unspecified atom stereocenters. The predicted octanol–water partition coefficient (Wildman–Crippen LogP) is 5.99. The third-order valence-corrected chi connectivity index (χ3v) is 6.38. The molecule has 0 aliphatic heterocycles. The maximum atomic E-state index is 17.8. The molecule has 0 bridgehead atoms. The van der Waals surface area contributed by atoms with E-state index in [0.717, 1.165) is 19.0 Å². The van der Waals surface area contributed by atoms with Gasteiger partial charge in [-0.3, -0.25) is 19.8 Å². The van der Waals surface area contributed by atoms with Gasteiger partial charge >= 0.3 is 0 Å². The number of hydrogen-bond acceptors (Lipinski definition) is 7. The Labute approximate surface area is 238 Å². The van der Waals surface area contributed by atoms with Gasteiger partial charge < -0.3 is 20.5 Å². The smallest absolute Gasteiger partial charge is 0.272 e. The van der Waals surface area contributed by atoms with Crippen molar-refractivity contribution in [2.24, 2.45) is 10.7 Å². The van der Waals surface area contributed by atoms with Crippen molar-refractivity contribution < 1.29 is 19.4 Å². The number of aromatic nitrogens is 3. The molecule has 0 aliphatic rings. The fraction of sp³-hybridized carbons (Fsp3) is 0.188. The van der Waals surface area contributed by atoms with Crippen LogP contribution in [0.2, 0.25) is 0 Å². The minimum atomic E-state index is -2.37. The molecular formula is C32H34FN5O3. The number of fused-ring (bicyclic) bond motifs is 1. The Hall–Kier alpha value is -4.73. The van der Waals surface area contributed by atoms with E-state index in [-0.39, 0.29) is 17.2 Å². The molecule has 0 fully saturated rings. The SMILES string of the molecule is C=CN=C(/C=C\C)C(F)(c1ccccn1)n1cc(-c2ccc(C=O)cc2)c2ncc(/C(=C(\C)O)C(C)N)cc21.CO. The second kappa shape index (κ2) is 13.6. The molecule has 3 aromatic heterocycles. The van der Waals surface area contributed by atoms with Crippen molar-refractivity contribution in [2.45, 2.75) is 32.6 Å². The van der Waals surface area contributed by atoms with E-state index in [4.69, 9.17) is 15.8 Å². The lowest BCUT2D eigenvalue weighted by molar-refractivity contribution is 0.112. The Morgan fingerprint density at radius 1 is 1.20 bits per heavy atom. The first-order valence-corrected chi connectivity index (χ1v) is 12.9. The fourth-order valence-electron chi connectivity index (χ4n) is 4.69. The number of benzene rings is 1. The highest BCUT2D eigenvalue weighted by Gasteiger charge is 2.42. The van der Waals surface area contributed by atoms with Gasteiger partial charge in [-0.2, -0.15) is 0 Å². The zero-order valence-corrected chi connectivity index (χ0v) is 23.5. The number of nitrogens with two attached hydrogens (primary N) is 1. The molecule has 0 saturated carbocycles. The van der Waals surface area contributed by atoms with Gasteiger partial charge in [0.05, 0.1) is 16.8 Å². The summed E-state index contributed by atoms with van der Waals surface area (Å²) >= 11 is 0. The minimum Gasteiger partial charge on any atom is -0.512 e. The van der Waals surface area contributed by atoms with Crippen LogP contribution < -0.4 is 5.73 Å². The quantitative estimate of drug-likeness (QED) is 0.132. The van der Waals surface area contributed by atoms with Crippen molar-refractivity contribution in [3.05, 3.63) is 115 Å². The fourth-order valence-corrected chi connectivity index (χ4v) is 4.69. The molecule has 41 heavy (non-hydrogen) atoms. The van der Waals surface area contributed by atoms with E-state index in [2.05, 4.69) is 16.6 Å². The van der Waals surface area contributed by atoms with Crippen molar-refractivity contribution in [2.75, 3.05) is 7.11 Å². The summed E-state index contributed by atoms with van der Waals surface area (Å²) < 4.78 is 19.3. The minimum absolute atomic E-state index is 0.0491. The molecule has 212 valence electrons. The van der Waals surface area contributed by atoms with Crippen LogP contribution in [0.3, 0.4) is 0 Å². The first kappa shape index (κ1) is 30.8. The number of aldehydes is 1. The molecule has 4 N–H and O–H groups in total. The summed E-state index contributed by atoms with van der Waals surface area (Å²) in [4.78, 5) is 24.6.